The molecule has 0 unspecified atom stereocenters. The third-order valence-electron chi connectivity index (χ3n) is 2.80. The molecule has 1 rings (SSSR count). The summed E-state index contributed by atoms with van der Waals surface area (Å²) in [5, 5.41) is 8.75. The number of amides is 1. The van der Waals surface area contributed by atoms with Crippen molar-refractivity contribution in [3.63, 3.8) is 0 Å². The Hall–Kier alpha value is -1.56. The van der Waals surface area contributed by atoms with E-state index in [-0.39, 0.29) is 25.0 Å². The highest BCUT2D eigenvalue weighted by Gasteiger charge is 2.20. The van der Waals surface area contributed by atoms with Gasteiger partial charge in [0.1, 0.15) is 5.75 Å². The third-order valence-corrected chi connectivity index (χ3v) is 3.29. The number of carbonyl (C=O) groups excluding carboxylic acids is 1. The minimum absolute atomic E-state index is 0.0556. The maximum atomic E-state index is 12.5. The van der Waals surface area contributed by atoms with Gasteiger partial charge >= 0.3 is 5.97 Å². The van der Waals surface area contributed by atoms with Crippen LogP contribution in [0.2, 0.25) is 0 Å². The van der Waals surface area contributed by atoms with E-state index in [1.54, 1.807) is 18.2 Å². The number of halogens is 1. The van der Waals surface area contributed by atoms with Crippen molar-refractivity contribution in [1.29, 1.82) is 0 Å². The van der Waals surface area contributed by atoms with Gasteiger partial charge in [-0.1, -0.05) is 15.9 Å². The van der Waals surface area contributed by atoms with Gasteiger partial charge in [-0.3, -0.25) is 9.59 Å². The largest absolute Gasteiger partial charge is 0.490 e. The van der Waals surface area contributed by atoms with Gasteiger partial charge < -0.3 is 14.7 Å². The minimum Gasteiger partial charge on any atom is -0.490 e. The molecule has 1 aromatic rings. The van der Waals surface area contributed by atoms with Crippen LogP contribution in [-0.4, -0.2) is 41.1 Å². The zero-order chi connectivity index (χ0) is 16.0. The quantitative estimate of drug-likeness (QED) is 0.813. The summed E-state index contributed by atoms with van der Waals surface area (Å²) in [5.74, 6) is -0.643. The first-order valence-electron chi connectivity index (χ1n) is 6.82. The van der Waals surface area contributed by atoms with Gasteiger partial charge in [0.25, 0.3) is 5.91 Å². The van der Waals surface area contributed by atoms with Crippen LogP contribution in [0.3, 0.4) is 0 Å². The van der Waals surface area contributed by atoms with Crippen molar-refractivity contribution >= 4 is 27.8 Å². The number of hydrogen-bond acceptors (Lipinski definition) is 3. The lowest BCUT2D eigenvalue weighted by molar-refractivity contribution is -0.137. The zero-order valence-corrected chi connectivity index (χ0v) is 14.0. The van der Waals surface area contributed by atoms with Crippen molar-refractivity contribution in [1.82, 2.24) is 4.90 Å². The molecule has 0 spiro atoms. The van der Waals surface area contributed by atoms with Crippen LogP contribution in [0, 0.1) is 0 Å². The molecule has 0 atom stereocenters. The van der Waals surface area contributed by atoms with E-state index in [9.17, 15) is 9.59 Å². The van der Waals surface area contributed by atoms with E-state index < -0.39 is 5.97 Å². The monoisotopic (exact) mass is 357 g/mol. The predicted molar refractivity (Wildman–Crippen MR) is 83.7 cm³/mol. The highest BCUT2D eigenvalue weighted by Crippen LogP contribution is 2.26. The standard InChI is InChI=1S/C15H20BrNO4/c1-4-17(8-7-14(18)19)15(20)12-6-5-11(16)9-13(12)21-10(2)3/h5-6,9-10H,4,7-8H2,1-3H3,(H,18,19). The molecule has 5 nitrogen and oxygen atoms in total. The van der Waals surface area contributed by atoms with E-state index in [4.69, 9.17) is 9.84 Å². The summed E-state index contributed by atoms with van der Waals surface area (Å²) in [6, 6.07) is 5.21. The summed E-state index contributed by atoms with van der Waals surface area (Å²) in [6.45, 7) is 6.22. The smallest absolute Gasteiger partial charge is 0.305 e. The molecule has 0 saturated heterocycles. The molecule has 0 bridgehead atoms. The molecule has 0 radical (unpaired) electrons. The van der Waals surface area contributed by atoms with Crippen LogP contribution >= 0.6 is 15.9 Å². The molecule has 0 aliphatic rings. The van der Waals surface area contributed by atoms with Gasteiger partial charge in [-0.05, 0) is 39.0 Å². The lowest BCUT2D eigenvalue weighted by Crippen LogP contribution is -2.33. The zero-order valence-electron chi connectivity index (χ0n) is 12.4. The lowest BCUT2D eigenvalue weighted by atomic mass is 10.1. The van der Waals surface area contributed by atoms with Crippen molar-refractivity contribution in [2.24, 2.45) is 0 Å². The van der Waals surface area contributed by atoms with Crippen LogP contribution in [0.5, 0.6) is 5.75 Å². The molecule has 21 heavy (non-hydrogen) atoms. The third kappa shape index (κ3) is 5.38. The molecule has 0 aliphatic carbocycles. The Labute approximate surface area is 133 Å². The molecule has 116 valence electrons. The van der Waals surface area contributed by atoms with Crippen LogP contribution in [-0.2, 0) is 4.79 Å². The second kappa shape index (κ2) is 8.02. The molecule has 1 N–H and O–H groups in total. The van der Waals surface area contributed by atoms with E-state index >= 15 is 0 Å². The molecule has 0 saturated carbocycles. The molecule has 0 aliphatic heterocycles. The highest BCUT2D eigenvalue weighted by atomic mass is 79.9. The first-order chi connectivity index (χ1) is 9.85. The van der Waals surface area contributed by atoms with Crippen LogP contribution in [0.1, 0.15) is 37.6 Å². The van der Waals surface area contributed by atoms with Crippen molar-refractivity contribution < 1.29 is 19.4 Å². The SMILES string of the molecule is CCN(CCC(=O)O)C(=O)c1ccc(Br)cc1OC(C)C. The highest BCUT2D eigenvalue weighted by molar-refractivity contribution is 9.10. The lowest BCUT2D eigenvalue weighted by Gasteiger charge is -2.22. The van der Waals surface area contributed by atoms with Crippen LogP contribution < -0.4 is 4.74 Å². The molecule has 0 fully saturated rings. The Morgan fingerprint density at radius 3 is 2.57 bits per heavy atom. The van der Waals surface area contributed by atoms with E-state index in [1.165, 1.54) is 4.90 Å². The van der Waals surface area contributed by atoms with Gasteiger partial charge in [-0.2, -0.15) is 0 Å². The number of carboxylic acids is 1. The van der Waals surface area contributed by atoms with Crippen LogP contribution in [0.4, 0.5) is 0 Å². The van der Waals surface area contributed by atoms with Crippen molar-refractivity contribution in [3.8, 4) is 5.75 Å². The summed E-state index contributed by atoms with van der Waals surface area (Å²) in [4.78, 5) is 24.7. The Bertz CT molecular complexity index is 516. The molecule has 1 amide bonds. The molecule has 0 heterocycles. The molecule has 0 aromatic heterocycles. The van der Waals surface area contributed by atoms with Crippen LogP contribution in [0.15, 0.2) is 22.7 Å². The number of aliphatic carboxylic acids is 1. The molecular formula is C15H20BrNO4. The first kappa shape index (κ1) is 17.5. The fraction of sp³-hybridized carbons (Fsp3) is 0.467. The van der Waals surface area contributed by atoms with E-state index in [1.807, 2.05) is 20.8 Å². The number of hydrogen-bond donors (Lipinski definition) is 1. The number of rotatable bonds is 7. The predicted octanol–water partition coefficient (Wildman–Crippen LogP) is 3.17. The van der Waals surface area contributed by atoms with Crippen LogP contribution in [0.25, 0.3) is 0 Å². The summed E-state index contributed by atoms with van der Waals surface area (Å²) in [5.41, 5.74) is 0.444. The average Bonchev–Trinajstić information content (AvgIpc) is 2.38. The van der Waals surface area contributed by atoms with Gasteiger partial charge in [0, 0.05) is 17.6 Å². The second-order valence-electron chi connectivity index (χ2n) is 4.84. The number of carbonyl (C=O) groups is 2. The van der Waals surface area contributed by atoms with Gasteiger partial charge in [0.15, 0.2) is 0 Å². The maximum absolute atomic E-state index is 12.5. The topological polar surface area (TPSA) is 66.8 Å². The van der Waals surface area contributed by atoms with Gasteiger partial charge in [-0.25, -0.2) is 0 Å². The Balaban J connectivity index is 3.01. The molecular weight excluding hydrogens is 338 g/mol. The maximum Gasteiger partial charge on any atom is 0.305 e. The molecule has 6 heteroatoms. The Kier molecular flexibility index (Phi) is 6.68. The van der Waals surface area contributed by atoms with E-state index in [0.717, 1.165) is 4.47 Å². The Morgan fingerprint density at radius 2 is 2.05 bits per heavy atom. The van der Waals surface area contributed by atoms with Gasteiger partial charge in [0.2, 0.25) is 0 Å². The summed E-state index contributed by atoms with van der Waals surface area (Å²) in [7, 11) is 0. The molecule has 1 aromatic carbocycles. The van der Waals surface area contributed by atoms with E-state index in [0.29, 0.717) is 17.9 Å². The second-order valence-corrected chi connectivity index (χ2v) is 5.75. The number of carboxylic acid groups (broad SMARTS) is 1. The Morgan fingerprint density at radius 1 is 1.38 bits per heavy atom. The normalized spacial score (nSPS) is 10.5. The summed E-state index contributed by atoms with van der Waals surface area (Å²) >= 11 is 3.36. The summed E-state index contributed by atoms with van der Waals surface area (Å²) in [6.07, 6.45) is -0.129. The van der Waals surface area contributed by atoms with Crippen molar-refractivity contribution in [2.45, 2.75) is 33.3 Å². The van der Waals surface area contributed by atoms with Crippen molar-refractivity contribution in [3.05, 3.63) is 28.2 Å². The van der Waals surface area contributed by atoms with Gasteiger partial charge in [-0.15, -0.1) is 0 Å². The number of nitrogens with zero attached hydrogens (tertiary/aromatic N) is 1. The number of ether oxygens (including phenoxy) is 1. The number of benzene rings is 1. The fourth-order valence-electron chi connectivity index (χ4n) is 1.83. The van der Waals surface area contributed by atoms with E-state index in [2.05, 4.69) is 15.9 Å². The minimum atomic E-state index is -0.921. The van der Waals surface area contributed by atoms with Gasteiger partial charge in [0.05, 0.1) is 18.1 Å². The average molecular weight is 358 g/mol. The first-order valence-corrected chi connectivity index (χ1v) is 7.61. The fourth-order valence-corrected chi connectivity index (χ4v) is 2.17. The summed E-state index contributed by atoms with van der Waals surface area (Å²) < 4.78 is 6.50. The van der Waals surface area contributed by atoms with Crippen molar-refractivity contribution in [2.75, 3.05) is 13.1 Å².